The van der Waals surface area contributed by atoms with Crippen LogP contribution in [0.25, 0.3) is 4.72 Å². The number of hydrogen-bond acceptors (Lipinski definition) is 3. The number of benzene rings is 2. The SMILES string of the molecule is Cc1ccc([N-]S(=O)(=O)c2c(F)c(F)c(F)c(F)c2F)cc1O.[Na+]. The van der Waals surface area contributed by atoms with Crippen LogP contribution in [-0.4, -0.2) is 13.5 Å². The Bertz CT molecular complexity index is 876. The van der Waals surface area contributed by atoms with Gasteiger partial charge in [0, 0.05) is 0 Å². The standard InChI is InChI=1S/C13H7F5NO3S.Na/c1-5-2-3-6(4-7(5)20)19-23(21,22)13-11(17)9(15)8(14)10(16)12(13)18;/h2-4,20H,1H3;/q-1;+1. The first kappa shape index (κ1) is 20.7. The maximum atomic E-state index is 13.5. The zero-order valence-corrected chi connectivity index (χ0v) is 15.1. The Morgan fingerprint density at radius 1 is 0.917 bits per heavy atom. The summed E-state index contributed by atoms with van der Waals surface area (Å²) in [6.07, 6.45) is 0. The van der Waals surface area contributed by atoms with Crippen LogP contribution >= 0.6 is 0 Å². The molecule has 0 spiro atoms. The number of hydrogen-bond donors (Lipinski definition) is 1. The second-order valence-corrected chi connectivity index (χ2v) is 5.98. The average molecular weight is 375 g/mol. The van der Waals surface area contributed by atoms with E-state index in [-0.39, 0.29) is 35.3 Å². The molecule has 11 heteroatoms. The van der Waals surface area contributed by atoms with Gasteiger partial charge in [-0.1, -0.05) is 12.1 Å². The number of phenolic OH excluding ortho intramolecular Hbond substituents is 1. The van der Waals surface area contributed by atoms with Crippen molar-refractivity contribution in [3.63, 3.8) is 0 Å². The first-order valence-electron chi connectivity index (χ1n) is 5.85. The molecule has 0 saturated carbocycles. The Balaban J connectivity index is 0.00000288. The Labute approximate surface area is 155 Å². The number of phenols is 1. The Hall–Kier alpha value is -1.36. The molecule has 0 aromatic heterocycles. The van der Waals surface area contributed by atoms with Crippen LogP contribution < -0.4 is 29.6 Å². The molecule has 0 unspecified atom stereocenters. The van der Waals surface area contributed by atoms with Gasteiger partial charge in [0.25, 0.3) is 0 Å². The smallest absolute Gasteiger partial charge is 0.572 e. The largest absolute Gasteiger partial charge is 1.00 e. The number of nitrogens with zero attached hydrogens (tertiary/aromatic N) is 1. The first-order chi connectivity index (χ1) is 10.6. The van der Waals surface area contributed by atoms with Gasteiger partial charge < -0.3 is 9.83 Å². The van der Waals surface area contributed by atoms with Crippen LogP contribution in [0.3, 0.4) is 0 Å². The van der Waals surface area contributed by atoms with Crippen LogP contribution in [0.15, 0.2) is 23.1 Å². The van der Waals surface area contributed by atoms with E-state index in [0.29, 0.717) is 5.56 Å². The predicted molar refractivity (Wildman–Crippen MR) is 69.3 cm³/mol. The summed E-state index contributed by atoms with van der Waals surface area (Å²) in [5.41, 5.74) is -0.0883. The van der Waals surface area contributed by atoms with Crippen molar-refractivity contribution < 1.29 is 65.0 Å². The molecular weight excluding hydrogens is 368 g/mol. The molecule has 0 heterocycles. The maximum absolute atomic E-state index is 13.5. The van der Waals surface area contributed by atoms with Crippen molar-refractivity contribution in [2.75, 3.05) is 0 Å². The van der Waals surface area contributed by atoms with Gasteiger partial charge in [-0.15, -0.1) is 5.69 Å². The van der Waals surface area contributed by atoms with Gasteiger partial charge >= 0.3 is 29.6 Å². The molecule has 0 fully saturated rings. The van der Waals surface area contributed by atoms with E-state index in [0.717, 1.165) is 12.1 Å². The molecule has 0 bridgehead atoms. The molecule has 0 aliphatic rings. The van der Waals surface area contributed by atoms with Crippen molar-refractivity contribution in [3.05, 3.63) is 57.6 Å². The number of halogens is 5. The fourth-order valence-corrected chi connectivity index (χ4v) is 2.76. The van der Waals surface area contributed by atoms with Crippen LogP contribution in [0, 0.1) is 36.0 Å². The third-order valence-corrected chi connectivity index (χ3v) is 4.17. The van der Waals surface area contributed by atoms with E-state index in [4.69, 9.17) is 0 Å². The van der Waals surface area contributed by atoms with E-state index in [1.54, 1.807) is 0 Å². The molecule has 0 radical (unpaired) electrons. The summed E-state index contributed by atoms with van der Waals surface area (Å²) in [4.78, 5) is -2.06. The average Bonchev–Trinajstić information content (AvgIpc) is 2.46. The maximum Gasteiger partial charge on any atom is 1.00 e. The quantitative estimate of drug-likeness (QED) is 0.373. The van der Waals surface area contributed by atoms with Gasteiger partial charge in [-0.25, -0.2) is 30.4 Å². The number of aryl methyl sites for hydroxylation is 1. The Morgan fingerprint density at radius 2 is 1.38 bits per heavy atom. The molecule has 1 N–H and O–H groups in total. The van der Waals surface area contributed by atoms with Gasteiger partial charge in [-0.3, -0.25) is 0 Å². The minimum atomic E-state index is -5.25. The summed E-state index contributed by atoms with van der Waals surface area (Å²) in [6.45, 7) is 1.48. The van der Waals surface area contributed by atoms with Crippen molar-refractivity contribution in [1.29, 1.82) is 0 Å². The predicted octanol–water partition coefficient (Wildman–Crippen LogP) is 0.794. The molecule has 2 aromatic carbocycles. The summed E-state index contributed by atoms with van der Waals surface area (Å²) < 4.78 is 92.9. The minimum Gasteiger partial charge on any atom is -0.572 e. The number of aromatic hydroxyl groups is 1. The zero-order chi connectivity index (χ0) is 17.5. The second kappa shape index (κ2) is 7.26. The van der Waals surface area contributed by atoms with E-state index in [9.17, 15) is 35.5 Å². The van der Waals surface area contributed by atoms with Crippen LogP contribution in [0.1, 0.15) is 5.56 Å². The zero-order valence-electron chi connectivity index (χ0n) is 12.2. The molecule has 124 valence electrons. The van der Waals surface area contributed by atoms with E-state index < -0.39 is 49.7 Å². The summed E-state index contributed by atoms with van der Waals surface area (Å²) in [6, 6.07) is 3.19. The molecule has 0 saturated heterocycles. The monoisotopic (exact) mass is 375 g/mol. The van der Waals surface area contributed by atoms with Crippen molar-refractivity contribution >= 4 is 15.7 Å². The molecular formula is C13H7F5NNaO3S. The summed E-state index contributed by atoms with van der Waals surface area (Å²) in [7, 11) is -5.25. The van der Waals surface area contributed by atoms with Crippen LogP contribution in [0.5, 0.6) is 5.75 Å². The van der Waals surface area contributed by atoms with Crippen LogP contribution in [0.2, 0.25) is 0 Å². The van der Waals surface area contributed by atoms with Crippen LogP contribution in [-0.2, 0) is 10.0 Å². The van der Waals surface area contributed by atoms with Gasteiger partial charge in [0.2, 0.25) is 5.82 Å². The summed E-state index contributed by atoms with van der Waals surface area (Å²) >= 11 is 0. The summed E-state index contributed by atoms with van der Waals surface area (Å²) in [5.74, 6) is -12.7. The Morgan fingerprint density at radius 3 is 1.83 bits per heavy atom. The summed E-state index contributed by atoms with van der Waals surface area (Å²) in [5, 5.41) is 9.43. The van der Waals surface area contributed by atoms with E-state index in [1.807, 2.05) is 0 Å². The van der Waals surface area contributed by atoms with Gasteiger partial charge in [0.15, 0.2) is 23.3 Å². The fraction of sp³-hybridized carbons (Fsp3) is 0.0769. The van der Waals surface area contributed by atoms with Gasteiger partial charge in [0.1, 0.15) is 20.7 Å². The molecule has 0 aliphatic heterocycles. The van der Waals surface area contributed by atoms with Crippen molar-refractivity contribution in [1.82, 2.24) is 0 Å². The van der Waals surface area contributed by atoms with Gasteiger partial charge in [-0.2, -0.15) is 0 Å². The van der Waals surface area contributed by atoms with E-state index >= 15 is 0 Å². The van der Waals surface area contributed by atoms with Gasteiger partial charge in [-0.05, 0) is 18.6 Å². The third-order valence-electron chi connectivity index (χ3n) is 2.85. The van der Waals surface area contributed by atoms with Crippen molar-refractivity contribution in [2.45, 2.75) is 11.8 Å². The minimum absolute atomic E-state index is 0. The van der Waals surface area contributed by atoms with Crippen molar-refractivity contribution in [2.24, 2.45) is 0 Å². The third kappa shape index (κ3) is 3.66. The molecule has 2 rings (SSSR count). The number of sulfonamides is 1. The molecule has 0 amide bonds. The number of rotatable bonds is 3. The van der Waals surface area contributed by atoms with Gasteiger partial charge in [0.05, 0.1) is 0 Å². The normalized spacial score (nSPS) is 11.1. The molecule has 0 aliphatic carbocycles. The molecule has 2 aromatic rings. The van der Waals surface area contributed by atoms with E-state index in [2.05, 4.69) is 4.72 Å². The van der Waals surface area contributed by atoms with Crippen molar-refractivity contribution in [3.8, 4) is 5.75 Å². The topological polar surface area (TPSA) is 68.5 Å². The first-order valence-corrected chi connectivity index (χ1v) is 7.29. The van der Waals surface area contributed by atoms with E-state index in [1.165, 1.54) is 13.0 Å². The fourth-order valence-electron chi connectivity index (χ4n) is 1.65. The Kier molecular flexibility index (Phi) is 6.26. The molecule has 24 heavy (non-hydrogen) atoms. The van der Waals surface area contributed by atoms with Crippen LogP contribution in [0.4, 0.5) is 27.6 Å². The molecule has 4 nitrogen and oxygen atoms in total. The second-order valence-electron chi connectivity index (χ2n) is 4.44. The molecule has 0 atom stereocenters.